The predicted molar refractivity (Wildman–Crippen MR) is 129 cm³/mol. The fraction of sp³-hybridized carbons (Fsp3) is 0.179. The van der Waals surface area contributed by atoms with Gasteiger partial charge in [-0.2, -0.15) is 0 Å². The summed E-state index contributed by atoms with van der Waals surface area (Å²) >= 11 is 0. The highest BCUT2D eigenvalue weighted by atomic mass is 19.1. The molecule has 8 heteroatoms. The minimum atomic E-state index is -1.80. The zero-order chi connectivity index (χ0) is 25.2. The molecule has 1 atom stereocenters. The first kappa shape index (κ1) is 22.2. The molecule has 1 spiro atoms. The van der Waals surface area contributed by atoms with Crippen molar-refractivity contribution >= 4 is 28.5 Å². The Labute approximate surface area is 204 Å². The maximum absolute atomic E-state index is 14.3. The molecule has 0 saturated heterocycles. The third-order valence-electron chi connectivity index (χ3n) is 6.90. The summed E-state index contributed by atoms with van der Waals surface area (Å²) in [6.07, 6.45) is 0.645. The fourth-order valence-electron chi connectivity index (χ4n) is 5.40. The van der Waals surface area contributed by atoms with Gasteiger partial charge in [-0.1, -0.05) is 37.3 Å². The highest BCUT2D eigenvalue weighted by molar-refractivity contribution is 6.17. The monoisotopic (exact) mass is 486 g/mol. The molecule has 0 N–H and O–H groups in total. The van der Waals surface area contributed by atoms with Gasteiger partial charge in [-0.05, 0) is 48.4 Å². The smallest absolute Gasteiger partial charge is 0.291 e. The zero-order valence-electron chi connectivity index (χ0n) is 19.3. The summed E-state index contributed by atoms with van der Waals surface area (Å²) in [5.41, 5.74) is -0.872. The van der Waals surface area contributed by atoms with Crippen LogP contribution in [0.25, 0.3) is 11.0 Å². The lowest BCUT2D eigenvalue weighted by Crippen LogP contribution is -2.53. The van der Waals surface area contributed by atoms with E-state index in [2.05, 4.69) is 0 Å². The highest BCUT2D eigenvalue weighted by Crippen LogP contribution is 2.53. The number of anilines is 1. The SMILES string of the molecule is CCCN1C(=O)C2(c3ccccc31)c1c(oc3ccc(F)cc3c1=O)C(=O)N2Cc1ccc(F)cc1. The van der Waals surface area contributed by atoms with Crippen molar-refractivity contribution in [3.63, 3.8) is 0 Å². The van der Waals surface area contributed by atoms with Crippen molar-refractivity contribution in [3.05, 3.63) is 111 Å². The average Bonchev–Trinajstić information content (AvgIpc) is 3.26. The van der Waals surface area contributed by atoms with Gasteiger partial charge in [-0.25, -0.2) is 8.78 Å². The Balaban J connectivity index is 1.69. The fourth-order valence-corrected chi connectivity index (χ4v) is 5.40. The Morgan fingerprint density at radius 2 is 1.64 bits per heavy atom. The largest absolute Gasteiger partial charge is 0.450 e. The maximum atomic E-state index is 14.3. The van der Waals surface area contributed by atoms with Gasteiger partial charge in [0.25, 0.3) is 11.8 Å². The molecule has 4 aromatic rings. The van der Waals surface area contributed by atoms with E-state index in [4.69, 9.17) is 4.42 Å². The number of rotatable bonds is 4. The maximum Gasteiger partial charge on any atom is 0.291 e. The summed E-state index contributed by atoms with van der Waals surface area (Å²) in [6.45, 7) is 2.22. The van der Waals surface area contributed by atoms with Crippen LogP contribution in [0.1, 0.15) is 40.6 Å². The molecule has 36 heavy (non-hydrogen) atoms. The Bertz CT molecular complexity index is 1630. The third-order valence-corrected chi connectivity index (χ3v) is 6.90. The highest BCUT2D eigenvalue weighted by Gasteiger charge is 2.64. The Morgan fingerprint density at radius 3 is 2.39 bits per heavy atom. The van der Waals surface area contributed by atoms with Crippen molar-refractivity contribution in [3.8, 4) is 0 Å². The molecule has 0 bridgehead atoms. The Morgan fingerprint density at radius 1 is 0.917 bits per heavy atom. The van der Waals surface area contributed by atoms with Crippen LogP contribution >= 0.6 is 0 Å². The topological polar surface area (TPSA) is 70.8 Å². The van der Waals surface area contributed by atoms with E-state index in [-0.39, 0.29) is 28.8 Å². The number of carbonyl (C=O) groups is 2. The molecular formula is C28H20F2N2O4. The van der Waals surface area contributed by atoms with E-state index in [0.29, 0.717) is 29.8 Å². The van der Waals surface area contributed by atoms with Crippen LogP contribution < -0.4 is 10.3 Å². The number of carbonyl (C=O) groups excluding carboxylic acids is 2. The van der Waals surface area contributed by atoms with Gasteiger partial charge in [0.1, 0.15) is 17.2 Å². The minimum absolute atomic E-state index is 0.0521. The van der Waals surface area contributed by atoms with Crippen LogP contribution in [0.2, 0.25) is 0 Å². The molecule has 3 aromatic carbocycles. The Kier molecular flexibility index (Phi) is 4.83. The molecule has 0 saturated carbocycles. The van der Waals surface area contributed by atoms with Crippen LogP contribution in [0.15, 0.2) is 75.9 Å². The van der Waals surface area contributed by atoms with Gasteiger partial charge in [0.05, 0.1) is 16.6 Å². The van der Waals surface area contributed by atoms with Gasteiger partial charge in [0, 0.05) is 18.7 Å². The van der Waals surface area contributed by atoms with Crippen LogP contribution in [0.4, 0.5) is 14.5 Å². The average molecular weight is 486 g/mol. The number of hydrogen-bond donors (Lipinski definition) is 0. The van der Waals surface area contributed by atoms with Crippen LogP contribution in [0, 0.1) is 11.6 Å². The zero-order valence-corrected chi connectivity index (χ0v) is 19.3. The molecule has 0 fully saturated rings. The molecule has 6 nitrogen and oxygen atoms in total. The van der Waals surface area contributed by atoms with Crippen molar-refractivity contribution in [2.45, 2.75) is 25.4 Å². The van der Waals surface area contributed by atoms with Crippen molar-refractivity contribution in [2.24, 2.45) is 0 Å². The molecule has 3 heterocycles. The van der Waals surface area contributed by atoms with Gasteiger partial charge in [-0.3, -0.25) is 14.4 Å². The molecular weight excluding hydrogens is 466 g/mol. The first-order valence-corrected chi connectivity index (χ1v) is 11.6. The van der Waals surface area contributed by atoms with Crippen molar-refractivity contribution in [1.29, 1.82) is 0 Å². The molecule has 0 aliphatic carbocycles. The van der Waals surface area contributed by atoms with E-state index < -0.39 is 34.4 Å². The second-order valence-electron chi connectivity index (χ2n) is 8.98. The molecule has 2 aliphatic rings. The minimum Gasteiger partial charge on any atom is -0.450 e. The number of hydrogen-bond acceptors (Lipinski definition) is 4. The van der Waals surface area contributed by atoms with Crippen molar-refractivity contribution in [2.75, 3.05) is 11.4 Å². The summed E-state index contributed by atoms with van der Waals surface area (Å²) in [4.78, 5) is 45.0. The van der Waals surface area contributed by atoms with Gasteiger partial charge in [-0.15, -0.1) is 0 Å². The second kappa shape index (κ2) is 7.84. The lowest BCUT2D eigenvalue weighted by atomic mass is 9.83. The van der Waals surface area contributed by atoms with E-state index in [1.54, 1.807) is 29.2 Å². The molecule has 1 aromatic heterocycles. The van der Waals surface area contributed by atoms with Crippen LogP contribution in [0.3, 0.4) is 0 Å². The van der Waals surface area contributed by atoms with Crippen molar-refractivity contribution < 1.29 is 22.8 Å². The first-order chi connectivity index (χ1) is 17.4. The van der Waals surface area contributed by atoms with Gasteiger partial charge < -0.3 is 14.2 Å². The van der Waals surface area contributed by atoms with Gasteiger partial charge in [0.15, 0.2) is 11.0 Å². The summed E-state index contributed by atoms with van der Waals surface area (Å²) in [7, 11) is 0. The first-order valence-electron chi connectivity index (χ1n) is 11.6. The lowest BCUT2D eigenvalue weighted by Gasteiger charge is -2.34. The van der Waals surface area contributed by atoms with Gasteiger partial charge >= 0.3 is 0 Å². The summed E-state index contributed by atoms with van der Waals surface area (Å²) in [5, 5.41) is -0.0521. The van der Waals surface area contributed by atoms with E-state index in [1.807, 2.05) is 6.92 Å². The number of para-hydroxylation sites is 1. The standard InChI is InChI=1S/C28H20F2N2O4/c1-2-13-31-21-6-4-3-5-20(21)28(27(31)35)23-24(33)19-14-18(30)11-12-22(19)36-25(23)26(34)32(28)15-16-7-9-17(29)10-8-16/h3-12,14H,2,13,15H2,1H3. The van der Waals surface area contributed by atoms with Crippen LogP contribution in [-0.2, 0) is 16.9 Å². The van der Waals surface area contributed by atoms with E-state index in [1.165, 1.54) is 35.2 Å². The number of nitrogens with zero attached hydrogens (tertiary/aromatic N) is 2. The summed E-state index contributed by atoms with van der Waals surface area (Å²) < 4.78 is 33.6. The third kappa shape index (κ3) is 2.84. The predicted octanol–water partition coefficient (Wildman–Crippen LogP) is 4.73. The van der Waals surface area contributed by atoms with Crippen LogP contribution in [-0.4, -0.2) is 23.3 Å². The molecule has 180 valence electrons. The number of fused-ring (bicyclic) bond motifs is 5. The van der Waals surface area contributed by atoms with E-state index >= 15 is 0 Å². The van der Waals surface area contributed by atoms with Crippen molar-refractivity contribution in [1.82, 2.24) is 4.90 Å². The molecule has 6 rings (SSSR count). The molecule has 0 radical (unpaired) electrons. The van der Waals surface area contributed by atoms with E-state index in [9.17, 15) is 23.2 Å². The second-order valence-corrected chi connectivity index (χ2v) is 8.98. The Hall–Kier alpha value is -4.33. The van der Waals surface area contributed by atoms with Crippen LogP contribution in [0.5, 0.6) is 0 Å². The normalized spacial score (nSPS) is 18.4. The summed E-state index contributed by atoms with van der Waals surface area (Å²) in [6, 6.07) is 16.1. The quantitative estimate of drug-likeness (QED) is 0.418. The lowest BCUT2D eigenvalue weighted by molar-refractivity contribution is -0.126. The number of amides is 2. The number of benzene rings is 3. The molecule has 2 amide bonds. The number of halogens is 2. The summed E-state index contributed by atoms with van der Waals surface area (Å²) in [5.74, 6) is -2.42. The molecule has 1 unspecified atom stereocenters. The van der Waals surface area contributed by atoms with Gasteiger partial charge in [0.2, 0.25) is 5.76 Å². The molecule has 2 aliphatic heterocycles. The van der Waals surface area contributed by atoms with E-state index in [0.717, 1.165) is 12.1 Å².